The monoisotopic (exact) mass is 588 g/mol. The summed E-state index contributed by atoms with van der Waals surface area (Å²) < 4.78 is 23.1. The van der Waals surface area contributed by atoms with Crippen molar-refractivity contribution in [3.05, 3.63) is 59.7 Å². The van der Waals surface area contributed by atoms with E-state index < -0.39 is 61.9 Å². The lowest BCUT2D eigenvalue weighted by molar-refractivity contribution is -0.277. The van der Waals surface area contributed by atoms with Crippen molar-refractivity contribution in [2.24, 2.45) is 0 Å². The van der Waals surface area contributed by atoms with Crippen LogP contribution in [0, 0.1) is 0 Å². The van der Waals surface area contributed by atoms with E-state index in [9.17, 15) is 40.5 Å². The third kappa shape index (κ3) is 6.52. The lowest BCUT2D eigenvalue weighted by Crippen LogP contribution is -2.60. The number of fused-ring (bicyclic) bond motifs is 5. The molecule has 9 atom stereocenters. The molecule has 5 rings (SSSR count). The zero-order valence-electron chi connectivity index (χ0n) is 22.7. The van der Waals surface area contributed by atoms with Crippen molar-refractivity contribution < 1.29 is 59.5 Å². The molecule has 12 heteroatoms. The van der Waals surface area contributed by atoms with Crippen LogP contribution < -0.4 is 9.47 Å². The summed E-state index contributed by atoms with van der Waals surface area (Å²) in [7, 11) is 0. The normalized spacial score (nSPS) is 33.7. The molecule has 0 radical (unpaired) electrons. The van der Waals surface area contributed by atoms with Crippen molar-refractivity contribution in [3.63, 3.8) is 0 Å². The summed E-state index contributed by atoms with van der Waals surface area (Å²) in [4.78, 5) is 12.4. The molecule has 0 saturated carbocycles. The molecule has 4 bridgehead atoms. The van der Waals surface area contributed by atoms with E-state index in [4.69, 9.17) is 18.9 Å². The highest BCUT2D eigenvalue weighted by molar-refractivity contribution is 5.89. The Kier molecular flexibility index (Phi) is 9.57. The molecule has 0 spiro atoms. The fraction of sp³-hybridized carbons (Fsp3) is 0.500. The Morgan fingerprint density at radius 3 is 2.02 bits per heavy atom. The van der Waals surface area contributed by atoms with E-state index in [0.29, 0.717) is 30.4 Å². The fourth-order valence-electron chi connectivity index (χ4n) is 5.21. The number of hydrogen-bond donors (Lipinski definition) is 7. The van der Waals surface area contributed by atoms with Crippen molar-refractivity contribution >= 4 is 5.78 Å². The number of allylic oxidation sites excluding steroid dienone is 2. The van der Waals surface area contributed by atoms with Crippen LogP contribution in [0.15, 0.2) is 48.6 Å². The predicted octanol–water partition coefficient (Wildman–Crippen LogP) is -0.646. The SMILES string of the molecule is O=C1C=CCCc2ccc(OC3OC(CO)C(O)C(O)C3O)c(c2)-c2cc(ccc2OC2OCC(O)C(O)C2O)CC1. The maximum Gasteiger partial charge on any atom is 0.229 e. The van der Waals surface area contributed by atoms with E-state index in [1.54, 1.807) is 36.4 Å². The Hall–Kier alpha value is -2.91. The number of aliphatic hydroxyl groups is 7. The van der Waals surface area contributed by atoms with Crippen LogP contribution in [0.25, 0.3) is 11.1 Å². The third-order valence-electron chi connectivity index (χ3n) is 7.73. The lowest BCUT2D eigenvalue weighted by atomic mass is 9.96. The Labute approximate surface area is 242 Å². The van der Waals surface area contributed by atoms with Gasteiger partial charge in [-0.2, -0.15) is 0 Å². The van der Waals surface area contributed by atoms with Crippen LogP contribution in [-0.4, -0.2) is 110 Å². The van der Waals surface area contributed by atoms with E-state index in [2.05, 4.69) is 0 Å². The standard InChI is InChI=1S/C30H36O12/c31-13-23-25(35)26(36)28(38)30(42-23)41-22-9-6-15-3-1-2-4-17(32)8-5-16-7-10-21(19(12-16)18(22)11-15)40-29-27(37)24(34)20(33)14-39-29/h2,4,6-7,9-12,20,23-31,33-38H,1,3,5,8,13-14H2. The van der Waals surface area contributed by atoms with Gasteiger partial charge in [-0.1, -0.05) is 18.2 Å². The molecule has 12 nitrogen and oxygen atoms in total. The maximum atomic E-state index is 12.4. The van der Waals surface area contributed by atoms with E-state index in [1.807, 2.05) is 12.1 Å². The van der Waals surface area contributed by atoms with Gasteiger partial charge in [-0.3, -0.25) is 4.79 Å². The molecule has 2 aliphatic heterocycles. The number of rotatable bonds is 5. The molecule has 1 aliphatic carbocycles. The molecule has 0 aromatic heterocycles. The molecule has 0 amide bonds. The number of hydrogen-bond acceptors (Lipinski definition) is 12. The van der Waals surface area contributed by atoms with Gasteiger partial charge in [0.25, 0.3) is 0 Å². The molecule has 2 fully saturated rings. The van der Waals surface area contributed by atoms with Crippen molar-refractivity contribution in [1.82, 2.24) is 0 Å². The van der Waals surface area contributed by atoms with Crippen LogP contribution in [0.4, 0.5) is 0 Å². The molecule has 2 heterocycles. The van der Waals surface area contributed by atoms with Gasteiger partial charge in [-0.15, -0.1) is 0 Å². The highest BCUT2D eigenvalue weighted by Gasteiger charge is 2.45. The second kappa shape index (κ2) is 13.2. The number of ether oxygens (including phenoxy) is 4. The van der Waals surface area contributed by atoms with Gasteiger partial charge in [0.05, 0.1) is 13.2 Å². The van der Waals surface area contributed by atoms with Crippen LogP contribution >= 0.6 is 0 Å². The van der Waals surface area contributed by atoms with Crippen LogP contribution in [0.2, 0.25) is 0 Å². The van der Waals surface area contributed by atoms with Gasteiger partial charge in [0.15, 0.2) is 5.78 Å². The molecule has 228 valence electrons. The Morgan fingerprint density at radius 2 is 1.36 bits per heavy atom. The topological polar surface area (TPSA) is 196 Å². The molecular formula is C30H36O12. The van der Waals surface area contributed by atoms with E-state index in [-0.39, 0.29) is 30.3 Å². The minimum atomic E-state index is -1.64. The molecular weight excluding hydrogens is 552 g/mol. The lowest BCUT2D eigenvalue weighted by Gasteiger charge is -2.39. The first kappa shape index (κ1) is 30.5. The van der Waals surface area contributed by atoms with E-state index in [0.717, 1.165) is 11.1 Å². The molecule has 9 unspecified atom stereocenters. The summed E-state index contributed by atoms with van der Waals surface area (Å²) in [6.45, 7) is -0.875. The van der Waals surface area contributed by atoms with Crippen molar-refractivity contribution in [2.75, 3.05) is 13.2 Å². The van der Waals surface area contributed by atoms with Gasteiger partial charge in [0, 0.05) is 17.5 Å². The van der Waals surface area contributed by atoms with Crippen molar-refractivity contribution in [2.45, 2.75) is 81.0 Å². The zero-order chi connectivity index (χ0) is 30.0. The highest BCUT2D eigenvalue weighted by atomic mass is 16.7. The van der Waals surface area contributed by atoms with Crippen LogP contribution in [0.3, 0.4) is 0 Å². The van der Waals surface area contributed by atoms with Crippen LogP contribution in [0.5, 0.6) is 11.5 Å². The number of benzene rings is 2. The minimum absolute atomic E-state index is 0.0132. The number of aliphatic hydroxyl groups excluding tert-OH is 7. The van der Waals surface area contributed by atoms with Gasteiger partial charge in [-0.05, 0) is 60.7 Å². The third-order valence-corrected chi connectivity index (χ3v) is 7.73. The quantitative estimate of drug-likeness (QED) is 0.234. The summed E-state index contributed by atoms with van der Waals surface area (Å²) in [6.07, 6.45) is -7.78. The molecule has 2 aromatic carbocycles. The number of ketones is 1. The second-order valence-corrected chi connectivity index (χ2v) is 10.8. The van der Waals surface area contributed by atoms with E-state index in [1.165, 1.54) is 0 Å². The number of carbonyl (C=O) groups is 1. The first-order chi connectivity index (χ1) is 20.2. The summed E-state index contributed by atoms with van der Waals surface area (Å²) in [5, 5.41) is 71.2. The first-order valence-electron chi connectivity index (χ1n) is 13.9. The van der Waals surface area contributed by atoms with Gasteiger partial charge in [-0.25, -0.2) is 0 Å². The van der Waals surface area contributed by atoms with Crippen LogP contribution in [-0.2, 0) is 27.1 Å². The average molecular weight is 589 g/mol. The van der Waals surface area contributed by atoms with Gasteiger partial charge < -0.3 is 54.7 Å². The Morgan fingerprint density at radius 1 is 0.738 bits per heavy atom. The van der Waals surface area contributed by atoms with Gasteiger partial charge in [0.2, 0.25) is 12.6 Å². The fourth-order valence-corrected chi connectivity index (χ4v) is 5.21. The molecule has 42 heavy (non-hydrogen) atoms. The molecule has 3 aliphatic rings. The van der Waals surface area contributed by atoms with Gasteiger partial charge in [0.1, 0.15) is 54.2 Å². The largest absolute Gasteiger partial charge is 0.461 e. The Bertz CT molecular complexity index is 1280. The average Bonchev–Trinajstić information content (AvgIpc) is 3.00. The van der Waals surface area contributed by atoms with Crippen molar-refractivity contribution in [3.8, 4) is 22.6 Å². The van der Waals surface area contributed by atoms with E-state index >= 15 is 0 Å². The molecule has 2 aromatic rings. The summed E-state index contributed by atoms with van der Waals surface area (Å²) >= 11 is 0. The second-order valence-electron chi connectivity index (χ2n) is 10.8. The maximum absolute atomic E-state index is 12.4. The summed E-state index contributed by atoms with van der Waals surface area (Å²) in [5.74, 6) is 0.439. The molecule has 2 saturated heterocycles. The smallest absolute Gasteiger partial charge is 0.229 e. The van der Waals surface area contributed by atoms with Crippen LogP contribution in [0.1, 0.15) is 24.0 Å². The van der Waals surface area contributed by atoms with Gasteiger partial charge >= 0.3 is 0 Å². The zero-order valence-corrected chi connectivity index (χ0v) is 22.7. The first-order valence-corrected chi connectivity index (χ1v) is 13.9. The van der Waals surface area contributed by atoms with Crippen molar-refractivity contribution in [1.29, 1.82) is 0 Å². The summed E-state index contributed by atoms with van der Waals surface area (Å²) in [6, 6.07) is 10.5. The molecule has 7 N–H and O–H groups in total. The predicted molar refractivity (Wildman–Crippen MR) is 145 cm³/mol. The summed E-state index contributed by atoms with van der Waals surface area (Å²) in [5.41, 5.74) is 2.64. The highest BCUT2D eigenvalue weighted by Crippen LogP contribution is 2.41. The number of carbonyl (C=O) groups excluding carboxylic acids is 1. The number of aryl methyl sites for hydroxylation is 2. The Balaban J connectivity index is 1.56. The minimum Gasteiger partial charge on any atom is -0.461 e.